The third kappa shape index (κ3) is 1.37. The molecule has 4 heteroatoms. The third-order valence-electron chi connectivity index (χ3n) is 1.61. The minimum absolute atomic E-state index is 0.125. The van der Waals surface area contributed by atoms with Gasteiger partial charge in [0.25, 0.3) is 0 Å². The summed E-state index contributed by atoms with van der Waals surface area (Å²) in [5, 5.41) is 7.44. The quantitative estimate of drug-likeness (QED) is 0.577. The van der Waals surface area contributed by atoms with Crippen molar-refractivity contribution < 1.29 is 4.79 Å². The highest BCUT2D eigenvalue weighted by molar-refractivity contribution is 5.75. The first kappa shape index (κ1) is 8.52. The summed E-state index contributed by atoms with van der Waals surface area (Å²) >= 11 is 0. The molecule has 1 rings (SSSR count). The Morgan fingerprint density at radius 2 is 2.08 bits per heavy atom. The molecule has 12 heavy (non-hydrogen) atoms. The van der Waals surface area contributed by atoms with Crippen molar-refractivity contribution in [2.45, 2.75) is 13.8 Å². The van der Waals surface area contributed by atoms with Gasteiger partial charge in [0.15, 0.2) is 0 Å². The van der Waals surface area contributed by atoms with Crippen LogP contribution in [0.1, 0.15) is 11.3 Å². The molecule has 0 bridgehead atoms. The van der Waals surface area contributed by atoms with Crippen molar-refractivity contribution in [3.05, 3.63) is 28.9 Å². The van der Waals surface area contributed by atoms with E-state index in [0.717, 1.165) is 10.1 Å². The molecule has 0 aliphatic rings. The van der Waals surface area contributed by atoms with E-state index in [1.54, 1.807) is 13.0 Å². The summed E-state index contributed by atoms with van der Waals surface area (Å²) in [6.45, 7) is 3.62. The van der Waals surface area contributed by atoms with Gasteiger partial charge in [0.05, 0.1) is 0 Å². The molecule has 0 fully saturated rings. The maximum atomic E-state index is 10.8. The molecule has 1 aromatic heterocycles. The van der Waals surface area contributed by atoms with E-state index >= 15 is 0 Å². The zero-order valence-corrected chi connectivity index (χ0v) is 7.09. The van der Waals surface area contributed by atoms with E-state index in [0.29, 0.717) is 5.69 Å². The Balaban J connectivity index is 3.49. The summed E-state index contributed by atoms with van der Waals surface area (Å²) in [5.74, 6) is 0. The van der Waals surface area contributed by atoms with E-state index in [1.165, 1.54) is 0 Å². The molecule has 3 N–H and O–H groups in total. The minimum Gasteiger partial charge on any atom is -0.351 e. The Morgan fingerprint density at radius 1 is 1.50 bits per heavy atom. The molecule has 4 nitrogen and oxygen atoms in total. The van der Waals surface area contributed by atoms with E-state index in [1.807, 2.05) is 13.0 Å². The fraction of sp³-hybridized carbons (Fsp3) is 0.250. The molecule has 64 valence electrons. The molecular formula is C8H11N3O. The molecule has 0 saturated carbocycles. The fourth-order valence-electron chi connectivity index (χ4n) is 1.20. The van der Waals surface area contributed by atoms with Crippen molar-refractivity contribution in [2.75, 3.05) is 0 Å². The van der Waals surface area contributed by atoms with Crippen LogP contribution in [0.4, 0.5) is 4.79 Å². The van der Waals surface area contributed by atoms with Gasteiger partial charge in [-0.3, -0.25) is 9.98 Å². The number of aromatic nitrogens is 1. The highest BCUT2D eigenvalue weighted by atomic mass is 16.2. The summed E-state index contributed by atoms with van der Waals surface area (Å²) in [7, 11) is 0. The minimum atomic E-state index is -0.613. The van der Waals surface area contributed by atoms with Crippen molar-refractivity contribution in [1.82, 2.24) is 4.57 Å². The fourth-order valence-corrected chi connectivity index (χ4v) is 1.20. The molecule has 1 heterocycles. The summed E-state index contributed by atoms with van der Waals surface area (Å²) in [6.07, 6.45) is 0. The van der Waals surface area contributed by atoms with E-state index in [4.69, 9.17) is 11.1 Å². The number of aryl methyl sites for hydroxylation is 2. The van der Waals surface area contributed by atoms with Crippen molar-refractivity contribution in [2.24, 2.45) is 5.73 Å². The molecule has 0 aromatic carbocycles. The van der Waals surface area contributed by atoms with Crippen LogP contribution in [0, 0.1) is 19.3 Å². The first-order valence-electron chi connectivity index (χ1n) is 3.57. The van der Waals surface area contributed by atoms with Crippen LogP contribution in [-0.2, 0) is 0 Å². The first-order valence-corrected chi connectivity index (χ1v) is 3.57. The molecular weight excluding hydrogens is 154 g/mol. The lowest BCUT2D eigenvalue weighted by molar-refractivity contribution is 0.249. The Hall–Kier alpha value is -1.58. The van der Waals surface area contributed by atoms with Gasteiger partial charge < -0.3 is 5.73 Å². The van der Waals surface area contributed by atoms with Gasteiger partial charge in [-0.15, -0.1) is 0 Å². The lowest BCUT2D eigenvalue weighted by atomic mass is 10.2. The first-order chi connectivity index (χ1) is 5.52. The zero-order valence-electron chi connectivity index (χ0n) is 7.09. The average molecular weight is 165 g/mol. The van der Waals surface area contributed by atoms with E-state index < -0.39 is 6.03 Å². The van der Waals surface area contributed by atoms with Crippen LogP contribution >= 0.6 is 0 Å². The van der Waals surface area contributed by atoms with Crippen LogP contribution in [0.15, 0.2) is 12.1 Å². The second kappa shape index (κ2) is 2.81. The Labute approximate surface area is 70.1 Å². The van der Waals surface area contributed by atoms with Gasteiger partial charge in [-0.25, -0.2) is 4.79 Å². The topological polar surface area (TPSA) is 71.9 Å². The SMILES string of the molecule is Cc1cc(C)n(C(N)=O)c(=N)c1. The van der Waals surface area contributed by atoms with Crippen molar-refractivity contribution in [1.29, 1.82) is 5.41 Å². The Morgan fingerprint density at radius 3 is 2.50 bits per heavy atom. The number of nitrogens with two attached hydrogens (primary N) is 1. The zero-order chi connectivity index (χ0) is 9.30. The van der Waals surface area contributed by atoms with Gasteiger partial charge in [-0.05, 0) is 31.5 Å². The highest BCUT2D eigenvalue weighted by Gasteiger charge is 2.02. The van der Waals surface area contributed by atoms with Crippen molar-refractivity contribution in [3.63, 3.8) is 0 Å². The number of rotatable bonds is 0. The molecule has 1 aromatic rings. The molecule has 0 atom stereocenters. The number of pyridine rings is 1. The van der Waals surface area contributed by atoms with Crippen LogP contribution < -0.4 is 11.2 Å². The standard InChI is InChI=1S/C8H11N3O/c1-5-3-6(2)11(8(10)12)7(9)4-5/h3-4,9H,1-2H3,(H2,10,12). The number of hydrogen-bond donors (Lipinski definition) is 2. The van der Waals surface area contributed by atoms with Gasteiger partial charge in [-0.2, -0.15) is 0 Å². The largest absolute Gasteiger partial charge is 0.351 e. The maximum absolute atomic E-state index is 10.8. The molecule has 0 aliphatic carbocycles. The van der Waals surface area contributed by atoms with Crippen LogP contribution in [0.3, 0.4) is 0 Å². The number of amides is 1. The second-order valence-corrected chi connectivity index (χ2v) is 2.73. The monoisotopic (exact) mass is 165 g/mol. The van der Waals surface area contributed by atoms with E-state index in [2.05, 4.69) is 0 Å². The van der Waals surface area contributed by atoms with Crippen LogP contribution in [0.25, 0.3) is 0 Å². The van der Waals surface area contributed by atoms with Crippen LogP contribution in [0.5, 0.6) is 0 Å². The summed E-state index contributed by atoms with van der Waals surface area (Å²) in [4.78, 5) is 10.8. The summed E-state index contributed by atoms with van der Waals surface area (Å²) in [5.41, 5.74) is 6.84. The van der Waals surface area contributed by atoms with Gasteiger partial charge in [-0.1, -0.05) is 0 Å². The lowest BCUT2D eigenvalue weighted by Gasteiger charge is -2.06. The Bertz CT molecular complexity index is 378. The normalized spacial score (nSPS) is 9.83. The third-order valence-corrected chi connectivity index (χ3v) is 1.61. The van der Waals surface area contributed by atoms with Gasteiger partial charge in [0, 0.05) is 5.69 Å². The summed E-state index contributed by atoms with van der Waals surface area (Å²) < 4.78 is 1.16. The predicted molar refractivity (Wildman–Crippen MR) is 44.7 cm³/mol. The van der Waals surface area contributed by atoms with Crippen molar-refractivity contribution >= 4 is 6.03 Å². The number of carbonyl (C=O) groups excluding carboxylic acids is 1. The van der Waals surface area contributed by atoms with E-state index in [-0.39, 0.29) is 5.49 Å². The van der Waals surface area contributed by atoms with Crippen LogP contribution in [0.2, 0.25) is 0 Å². The summed E-state index contributed by atoms with van der Waals surface area (Å²) in [6, 6.07) is 2.79. The number of hydrogen-bond acceptors (Lipinski definition) is 2. The van der Waals surface area contributed by atoms with Gasteiger partial charge in [0.1, 0.15) is 5.49 Å². The van der Waals surface area contributed by atoms with E-state index in [9.17, 15) is 4.79 Å². The van der Waals surface area contributed by atoms with Crippen LogP contribution in [-0.4, -0.2) is 10.6 Å². The molecule has 0 spiro atoms. The predicted octanol–water partition coefficient (Wildman–Crippen LogP) is 0.511. The maximum Gasteiger partial charge on any atom is 0.324 e. The number of carbonyl (C=O) groups is 1. The van der Waals surface area contributed by atoms with Crippen molar-refractivity contribution in [3.8, 4) is 0 Å². The molecule has 1 amide bonds. The molecule has 0 aliphatic heterocycles. The lowest BCUT2D eigenvalue weighted by Crippen LogP contribution is -2.33. The molecule has 0 radical (unpaired) electrons. The Kier molecular flexibility index (Phi) is 1.99. The number of primary amides is 1. The highest BCUT2D eigenvalue weighted by Crippen LogP contribution is 1.97. The van der Waals surface area contributed by atoms with Gasteiger partial charge in [0.2, 0.25) is 0 Å². The number of nitrogens with one attached hydrogen (secondary N) is 1. The molecule has 0 unspecified atom stereocenters. The molecule has 0 saturated heterocycles. The average Bonchev–Trinajstić information content (AvgIpc) is 1.82. The smallest absolute Gasteiger partial charge is 0.324 e. The van der Waals surface area contributed by atoms with Gasteiger partial charge >= 0.3 is 6.03 Å². The number of nitrogens with zero attached hydrogens (tertiary/aromatic N) is 1. The second-order valence-electron chi connectivity index (χ2n) is 2.73.